The molecule has 0 bridgehead atoms. The minimum atomic E-state index is -1.11. The fraction of sp³-hybridized carbons (Fsp3) is 0.242. The standard InChI is InChI=1S/C33H31NO8/c35-32(27-16-18-28(19-17-27)34(36)37)42-33-31(40-22-26-14-8-3-9-15-26)30(39-21-25-12-6-2-7-13-25)29(41-33)23-38-20-24-10-4-1-5-11-24/h1-19,29-31,33H,20-23H2/t29-,30-,31+,33-/m0/s1. The van der Waals surface area contributed by atoms with Gasteiger partial charge in [0.25, 0.3) is 5.69 Å². The van der Waals surface area contributed by atoms with Crippen molar-refractivity contribution in [1.82, 2.24) is 0 Å². The average Bonchev–Trinajstić information content (AvgIpc) is 3.35. The lowest BCUT2D eigenvalue weighted by Gasteiger charge is -2.25. The van der Waals surface area contributed by atoms with Crippen LogP contribution in [0.25, 0.3) is 0 Å². The van der Waals surface area contributed by atoms with Crippen molar-refractivity contribution in [3.05, 3.63) is 148 Å². The highest BCUT2D eigenvalue weighted by Crippen LogP contribution is 2.31. The molecule has 1 fully saturated rings. The Bertz CT molecular complexity index is 1420. The van der Waals surface area contributed by atoms with Crippen molar-refractivity contribution in [1.29, 1.82) is 0 Å². The number of ether oxygens (including phenoxy) is 5. The van der Waals surface area contributed by atoms with E-state index in [4.69, 9.17) is 23.7 Å². The van der Waals surface area contributed by atoms with Gasteiger partial charge in [-0.3, -0.25) is 10.1 Å². The Kier molecular flexibility index (Phi) is 10.0. The predicted molar refractivity (Wildman–Crippen MR) is 153 cm³/mol. The molecule has 0 unspecified atom stereocenters. The minimum absolute atomic E-state index is 0.127. The van der Waals surface area contributed by atoms with E-state index in [0.717, 1.165) is 16.7 Å². The van der Waals surface area contributed by atoms with E-state index in [1.54, 1.807) is 0 Å². The van der Waals surface area contributed by atoms with Crippen LogP contribution in [-0.2, 0) is 43.5 Å². The molecule has 1 aliphatic rings. The third kappa shape index (κ3) is 7.86. The van der Waals surface area contributed by atoms with Gasteiger partial charge in [0, 0.05) is 12.1 Å². The average molecular weight is 570 g/mol. The summed E-state index contributed by atoms with van der Waals surface area (Å²) < 4.78 is 30.7. The van der Waals surface area contributed by atoms with Crippen molar-refractivity contribution in [3.63, 3.8) is 0 Å². The molecular weight excluding hydrogens is 538 g/mol. The maximum Gasteiger partial charge on any atom is 0.340 e. The van der Waals surface area contributed by atoms with E-state index in [1.807, 2.05) is 91.0 Å². The van der Waals surface area contributed by atoms with Crippen LogP contribution in [0.15, 0.2) is 115 Å². The molecule has 1 aliphatic heterocycles. The van der Waals surface area contributed by atoms with Crippen molar-refractivity contribution in [2.24, 2.45) is 0 Å². The van der Waals surface area contributed by atoms with Crippen LogP contribution in [0.1, 0.15) is 27.0 Å². The molecule has 0 aromatic heterocycles. The predicted octanol–water partition coefficient (Wildman–Crippen LogP) is 5.86. The van der Waals surface area contributed by atoms with Crippen LogP contribution >= 0.6 is 0 Å². The summed E-state index contributed by atoms with van der Waals surface area (Å²) in [4.78, 5) is 23.6. The molecule has 9 heteroatoms. The van der Waals surface area contributed by atoms with Crippen molar-refractivity contribution in [2.75, 3.05) is 6.61 Å². The van der Waals surface area contributed by atoms with Crippen LogP contribution in [0.2, 0.25) is 0 Å². The van der Waals surface area contributed by atoms with Gasteiger partial charge in [-0.1, -0.05) is 91.0 Å². The maximum atomic E-state index is 13.1. The van der Waals surface area contributed by atoms with Gasteiger partial charge in [-0.2, -0.15) is 0 Å². The molecule has 42 heavy (non-hydrogen) atoms. The van der Waals surface area contributed by atoms with Crippen molar-refractivity contribution < 1.29 is 33.4 Å². The first-order valence-corrected chi connectivity index (χ1v) is 13.6. The monoisotopic (exact) mass is 569 g/mol. The number of carbonyl (C=O) groups is 1. The molecule has 1 heterocycles. The number of rotatable bonds is 13. The minimum Gasteiger partial charge on any atom is -0.429 e. The van der Waals surface area contributed by atoms with Crippen molar-refractivity contribution in [2.45, 2.75) is 44.4 Å². The van der Waals surface area contributed by atoms with Gasteiger partial charge in [0.2, 0.25) is 6.29 Å². The van der Waals surface area contributed by atoms with Crippen LogP contribution in [0.5, 0.6) is 0 Å². The fourth-order valence-corrected chi connectivity index (χ4v) is 4.59. The van der Waals surface area contributed by atoms with Crippen LogP contribution in [-0.4, -0.2) is 42.1 Å². The number of hydrogen-bond donors (Lipinski definition) is 0. The number of benzene rings is 4. The molecule has 4 aromatic rings. The highest BCUT2D eigenvalue weighted by atomic mass is 16.7. The Morgan fingerprint density at radius 1 is 0.690 bits per heavy atom. The topological polar surface area (TPSA) is 106 Å². The number of hydrogen-bond acceptors (Lipinski definition) is 8. The summed E-state index contributed by atoms with van der Waals surface area (Å²) in [5, 5.41) is 11.0. The number of nitro groups is 1. The Balaban J connectivity index is 1.35. The third-order valence-electron chi connectivity index (χ3n) is 6.77. The molecule has 4 aromatic carbocycles. The molecule has 0 amide bonds. The number of nitrogens with zero attached hydrogens (tertiary/aromatic N) is 1. The molecule has 0 N–H and O–H groups in total. The highest BCUT2D eigenvalue weighted by molar-refractivity contribution is 5.89. The third-order valence-corrected chi connectivity index (χ3v) is 6.77. The molecule has 0 spiro atoms. The van der Waals surface area contributed by atoms with E-state index in [-0.39, 0.29) is 31.1 Å². The summed E-state index contributed by atoms with van der Waals surface area (Å²) in [6, 6.07) is 34.3. The van der Waals surface area contributed by atoms with E-state index in [1.165, 1.54) is 24.3 Å². The van der Waals surface area contributed by atoms with Gasteiger partial charge < -0.3 is 23.7 Å². The summed E-state index contributed by atoms with van der Waals surface area (Å²) in [7, 11) is 0. The number of nitro benzene ring substituents is 1. The lowest BCUT2D eigenvalue weighted by Crippen LogP contribution is -2.40. The van der Waals surface area contributed by atoms with E-state index in [0.29, 0.717) is 6.61 Å². The molecule has 0 saturated carbocycles. The first kappa shape index (κ1) is 29.1. The zero-order chi connectivity index (χ0) is 29.1. The van der Waals surface area contributed by atoms with Crippen LogP contribution in [0.4, 0.5) is 5.69 Å². The van der Waals surface area contributed by atoms with Gasteiger partial charge in [-0.15, -0.1) is 0 Å². The first-order chi connectivity index (χ1) is 20.6. The SMILES string of the molecule is O=C(O[C@@H]1O[C@@H](COCc2ccccc2)[C@H](OCc2ccccc2)[C@H]1OCc1ccccc1)c1ccc([N+](=O)[O-])cc1. The van der Waals surface area contributed by atoms with Crippen LogP contribution < -0.4 is 0 Å². The Morgan fingerprint density at radius 2 is 1.19 bits per heavy atom. The van der Waals surface area contributed by atoms with Gasteiger partial charge in [0.1, 0.15) is 18.3 Å². The van der Waals surface area contributed by atoms with E-state index >= 15 is 0 Å². The van der Waals surface area contributed by atoms with E-state index in [9.17, 15) is 14.9 Å². The van der Waals surface area contributed by atoms with Gasteiger partial charge in [0.15, 0.2) is 0 Å². The van der Waals surface area contributed by atoms with Crippen LogP contribution in [0, 0.1) is 10.1 Å². The summed E-state index contributed by atoms with van der Waals surface area (Å²) in [5.41, 5.74) is 2.93. The van der Waals surface area contributed by atoms with Gasteiger partial charge in [0.05, 0.1) is 36.9 Å². The van der Waals surface area contributed by atoms with Crippen LogP contribution in [0.3, 0.4) is 0 Å². The first-order valence-electron chi connectivity index (χ1n) is 13.6. The Labute approximate surface area is 243 Å². The fourth-order valence-electron chi connectivity index (χ4n) is 4.59. The molecular formula is C33H31NO8. The number of non-ortho nitro benzene ring substituents is 1. The molecule has 1 saturated heterocycles. The zero-order valence-corrected chi connectivity index (χ0v) is 22.8. The lowest BCUT2D eigenvalue weighted by molar-refractivity contribution is -0.384. The normalized spacial score (nSPS) is 19.8. The molecule has 0 aliphatic carbocycles. The lowest BCUT2D eigenvalue weighted by atomic mass is 10.1. The summed E-state index contributed by atoms with van der Waals surface area (Å²) in [6.45, 7) is 1.07. The van der Waals surface area contributed by atoms with Gasteiger partial charge >= 0.3 is 5.97 Å². The Morgan fingerprint density at radius 3 is 1.71 bits per heavy atom. The summed E-state index contributed by atoms with van der Waals surface area (Å²) in [5.74, 6) is -0.698. The quantitative estimate of drug-likeness (QED) is 0.112. The second kappa shape index (κ2) is 14.5. The number of esters is 1. The molecule has 5 rings (SSSR count). The smallest absolute Gasteiger partial charge is 0.340 e. The summed E-state index contributed by atoms with van der Waals surface area (Å²) in [6.07, 6.45) is -3.11. The van der Waals surface area contributed by atoms with E-state index in [2.05, 4.69) is 0 Å². The molecule has 0 radical (unpaired) electrons. The highest BCUT2D eigenvalue weighted by Gasteiger charge is 2.48. The molecule has 9 nitrogen and oxygen atoms in total. The van der Waals surface area contributed by atoms with Crippen molar-refractivity contribution >= 4 is 11.7 Å². The second-order valence-corrected chi connectivity index (χ2v) is 9.78. The van der Waals surface area contributed by atoms with Gasteiger partial charge in [-0.05, 0) is 28.8 Å². The largest absolute Gasteiger partial charge is 0.429 e. The number of carbonyl (C=O) groups excluding carboxylic acids is 1. The second-order valence-electron chi connectivity index (χ2n) is 9.78. The maximum absolute atomic E-state index is 13.1. The molecule has 4 atom stereocenters. The van der Waals surface area contributed by atoms with E-state index < -0.39 is 35.5 Å². The van der Waals surface area contributed by atoms with Gasteiger partial charge in [-0.25, -0.2) is 4.79 Å². The zero-order valence-electron chi connectivity index (χ0n) is 22.8. The molecule has 216 valence electrons. The summed E-state index contributed by atoms with van der Waals surface area (Å²) >= 11 is 0. The van der Waals surface area contributed by atoms with Crippen molar-refractivity contribution in [3.8, 4) is 0 Å². The Hall–Kier alpha value is -4.41.